The van der Waals surface area contributed by atoms with Crippen LogP contribution in [-0.4, -0.2) is 60.7 Å². The van der Waals surface area contributed by atoms with E-state index in [4.69, 9.17) is 4.74 Å². The first-order valence-corrected chi connectivity index (χ1v) is 13.3. The summed E-state index contributed by atoms with van der Waals surface area (Å²) in [5.41, 5.74) is 3.65. The molecule has 1 aliphatic heterocycles. The summed E-state index contributed by atoms with van der Waals surface area (Å²) in [5.74, 6) is -0.174. The molecule has 1 aromatic heterocycles. The molecule has 1 fully saturated rings. The Morgan fingerprint density at radius 1 is 1.06 bits per heavy atom. The third kappa shape index (κ3) is 5.82. The number of aryl methyl sites for hydroxylation is 2. The molecule has 178 valence electrons. The SMILES string of the molecule is Cc1cc(-c2ccccc2)nc(SCC(=O)Nc2ccc(C)c(S(=O)(=O)N3CCOCC3)c2)n1. The van der Waals surface area contributed by atoms with Crippen molar-refractivity contribution in [2.45, 2.75) is 23.9 Å². The average Bonchev–Trinajstić information content (AvgIpc) is 2.84. The number of ether oxygens (including phenoxy) is 1. The van der Waals surface area contributed by atoms with E-state index in [1.54, 1.807) is 19.1 Å². The van der Waals surface area contributed by atoms with Crippen LogP contribution in [0, 0.1) is 13.8 Å². The van der Waals surface area contributed by atoms with Crippen LogP contribution >= 0.6 is 11.8 Å². The van der Waals surface area contributed by atoms with Gasteiger partial charge < -0.3 is 10.1 Å². The van der Waals surface area contributed by atoms with Crippen molar-refractivity contribution in [3.05, 3.63) is 65.9 Å². The number of carbonyl (C=O) groups excluding carboxylic acids is 1. The number of anilines is 1. The van der Waals surface area contributed by atoms with Crippen molar-refractivity contribution in [3.8, 4) is 11.3 Å². The van der Waals surface area contributed by atoms with Crippen molar-refractivity contribution in [1.29, 1.82) is 0 Å². The van der Waals surface area contributed by atoms with Gasteiger partial charge >= 0.3 is 0 Å². The molecule has 1 N–H and O–H groups in total. The largest absolute Gasteiger partial charge is 0.379 e. The van der Waals surface area contributed by atoms with Gasteiger partial charge in [-0.25, -0.2) is 18.4 Å². The number of hydrogen-bond donors (Lipinski definition) is 1. The molecule has 8 nitrogen and oxygen atoms in total. The number of hydrogen-bond acceptors (Lipinski definition) is 7. The Labute approximate surface area is 203 Å². The number of aromatic nitrogens is 2. The Balaban J connectivity index is 1.44. The predicted octanol–water partition coefficient (Wildman–Crippen LogP) is 3.51. The second kappa shape index (κ2) is 10.6. The number of nitrogens with one attached hydrogen (secondary N) is 1. The van der Waals surface area contributed by atoms with E-state index in [1.165, 1.54) is 22.1 Å². The molecule has 0 aliphatic carbocycles. The summed E-state index contributed by atoms with van der Waals surface area (Å²) < 4.78 is 32.8. The van der Waals surface area contributed by atoms with Gasteiger partial charge in [-0.05, 0) is 37.6 Å². The number of morpholine rings is 1. The first-order chi connectivity index (χ1) is 16.3. The van der Waals surface area contributed by atoms with Crippen LogP contribution in [0.5, 0.6) is 0 Å². The fourth-order valence-corrected chi connectivity index (χ4v) is 5.93. The molecular weight excluding hydrogens is 472 g/mol. The zero-order valence-electron chi connectivity index (χ0n) is 19.0. The highest BCUT2D eigenvalue weighted by molar-refractivity contribution is 7.99. The normalized spacial score (nSPS) is 14.6. The molecule has 0 bridgehead atoms. The molecular formula is C24H26N4O4S2. The van der Waals surface area contributed by atoms with E-state index in [0.717, 1.165) is 17.0 Å². The summed E-state index contributed by atoms with van der Waals surface area (Å²) in [5, 5.41) is 3.30. The molecule has 34 heavy (non-hydrogen) atoms. The van der Waals surface area contributed by atoms with Crippen LogP contribution in [0.15, 0.2) is 64.6 Å². The highest BCUT2D eigenvalue weighted by Gasteiger charge is 2.28. The molecule has 0 unspecified atom stereocenters. The maximum absolute atomic E-state index is 13.1. The van der Waals surface area contributed by atoms with Gasteiger partial charge in [0.25, 0.3) is 0 Å². The molecule has 0 saturated carbocycles. The molecule has 3 aromatic rings. The van der Waals surface area contributed by atoms with Gasteiger partial charge in [-0.15, -0.1) is 0 Å². The zero-order valence-corrected chi connectivity index (χ0v) is 20.7. The molecule has 0 radical (unpaired) electrons. The summed E-state index contributed by atoms with van der Waals surface area (Å²) >= 11 is 1.23. The number of nitrogens with zero attached hydrogens (tertiary/aromatic N) is 3. The molecule has 4 rings (SSSR count). The second-order valence-electron chi connectivity index (χ2n) is 7.88. The van der Waals surface area contributed by atoms with Gasteiger partial charge in [0.2, 0.25) is 15.9 Å². The maximum atomic E-state index is 13.1. The van der Waals surface area contributed by atoms with Crippen LogP contribution in [-0.2, 0) is 19.6 Å². The Kier molecular flexibility index (Phi) is 7.62. The zero-order chi connectivity index (χ0) is 24.1. The Bertz CT molecular complexity index is 1280. The van der Waals surface area contributed by atoms with Crippen molar-refractivity contribution in [2.24, 2.45) is 0 Å². The van der Waals surface area contributed by atoms with E-state index < -0.39 is 10.0 Å². The van der Waals surface area contributed by atoms with E-state index in [2.05, 4.69) is 15.3 Å². The fraction of sp³-hybridized carbons (Fsp3) is 0.292. The summed E-state index contributed by atoms with van der Waals surface area (Å²) in [6.07, 6.45) is 0. The van der Waals surface area contributed by atoms with Crippen LogP contribution < -0.4 is 5.32 Å². The van der Waals surface area contributed by atoms with E-state index in [9.17, 15) is 13.2 Å². The highest BCUT2D eigenvalue weighted by atomic mass is 32.2. The van der Waals surface area contributed by atoms with Gasteiger partial charge in [0.1, 0.15) is 0 Å². The second-order valence-corrected chi connectivity index (χ2v) is 10.7. The summed E-state index contributed by atoms with van der Waals surface area (Å²) in [6.45, 7) is 5.01. The number of amides is 1. The topological polar surface area (TPSA) is 101 Å². The van der Waals surface area contributed by atoms with Gasteiger partial charge in [0.05, 0.1) is 29.6 Å². The number of sulfonamides is 1. The lowest BCUT2D eigenvalue weighted by molar-refractivity contribution is -0.113. The minimum atomic E-state index is -3.67. The molecule has 1 aliphatic rings. The molecule has 10 heteroatoms. The summed E-state index contributed by atoms with van der Waals surface area (Å²) in [4.78, 5) is 21.8. The minimum absolute atomic E-state index is 0.0944. The number of benzene rings is 2. The lowest BCUT2D eigenvalue weighted by Gasteiger charge is -2.26. The van der Waals surface area contributed by atoms with Crippen LogP contribution in [0.25, 0.3) is 11.3 Å². The van der Waals surface area contributed by atoms with E-state index in [-0.39, 0.29) is 16.6 Å². The monoisotopic (exact) mass is 498 g/mol. The van der Waals surface area contributed by atoms with Crippen molar-refractivity contribution in [3.63, 3.8) is 0 Å². The third-order valence-electron chi connectivity index (χ3n) is 5.30. The molecule has 1 saturated heterocycles. The van der Waals surface area contributed by atoms with E-state index in [1.807, 2.05) is 43.3 Å². The lowest BCUT2D eigenvalue weighted by Crippen LogP contribution is -2.40. The molecule has 2 aromatic carbocycles. The fourth-order valence-electron chi connectivity index (χ4n) is 3.57. The van der Waals surface area contributed by atoms with Crippen molar-refractivity contribution in [1.82, 2.24) is 14.3 Å². The van der Waals surface area contributed by atoms with Crippen molar-refractivity contribution >= 4 is 33.4 Å². The number of rotatable bonds is 7. The first kappa shape index (κ1) is 24.3. The van der Waals surface area contributed by atoms with E-state index >= 15 is 0 Å². The third-order valence-corrected chi connectivity index (χ3v) is 8.18. The number of thioether (sulfide) groups is 1. The van der Waals surface area contributed by atoms with E-state index in [0.29, 0.717) is 42.7 Å². The average molecular weight is 499 g/mol. The van der Waals surface area contributed by atoms with Gasteiger partial charge in [-0.3, -0.25) is 4.79 Å². The van der Waals surface area contributed by atoms with Crippen LogP contribution in [0.4, 0.5) is 5.69 Å². The molecule has 0 atom stereocenters. The van der Waals surface area contributed by atoms with Gasteiger partial charge in [0, 0.05) is 30.0 Å². The van der Waals surface area contributed by atoms with Gasteiger partial charge in [0.15, 0.2) is 5.16 Å². The molecule has 1 amide bonds. The summed E-state index contributed by atoms with van der Waals surface area (Å²) in [7, 11) is -3.67. The Morgan fingerprint density at radius 3 is 2.53 bits per heavy atom. The maximum Gasteiger partial charge on any atom is 0.243 e. The molecule has 2 heterocycles. The minimum Gasteiger partial charge on any atom is -0.379 e. The van der Waals surface area contributed by atoms with Gasteiger partial charge in [-0.2, -0.15) is 4.31 Å². The Morgan fingerprint density at radius 2 is 1.79 bits per heavy atom. The first-order valence-electron chi connectivity index (χ1n) is 10.9. The van der Waals surface area contributed by atoms with Crippen LogP contribution in [0.1, 0.15) is 11.3 Å². The molecule has 0 spiro atoms. The quantitative estimate of drug-likeness (QED) is 0.393. The highest BCUT2D eigenvalue weighted by Crippen LogP contribution is 2.25. The smallest absolute Gasteiger partial charge is 0.243 e. The number of carbonyl (C=O) groups is 1. The van der Waals surface area contributed by atoms with Gasteiger partial charge in [-0.1, -0.05) is 48.2 Å². The van der Waals surface area contributed by atoms with Crippen LogP contribution in [0.3, 0.4) is 0 Å². The van der Waals surface area contributed by atoms with Crippen molar-refractivity contribution < 1.29 is 17.9 Å². The van der Waals surface area contributed by atoms with Crippen molar-refractivity contribution in [2.75, 3.05) is 37.4 Å². The summed E-state index contributed by atoms with van der Waals surface area (Å²) in [6, 6.07) is 16.6. The van der Waals surface area contributed by atoms with Crippen LogP contribution in [0.2, 0.25) is 0 Å². The predicted molar refractivity (Wildman–Crippen MR) is 132 cm³/mol. The Hall–Kier alpha value is -2.79. The standard InChI is InChI=1S/C24H26N4O4S2/c1-17-8-9-20(15-22(17)34(30,31)28-10-12-32-13-11-28)26-23(29)16-33-24-25-18(2)14-21(27-24)19-6-4-3-5-7-19/h3-9,14-15H,10-13,16H2,1-2H3,(H,26,29). The lowest BCUT2D eigenvalue weighted by atomic mass is 10.1.